The lowest BCUT2D eigenvalue weighted by atomic mass is 10.1. The van der Waals surface area contributed by atoms with E-state index in [-0.39, 0.29) is 0 Å². The fourth-order valence-corrected chi connectivity index (χ4v) is 1.75. The van der Waals surface area contributed by atoms with Crippen molar-refractivity contribution in [1.82, 2.24) is 4.90 Å². The molecule has 2 heteroatoms. The van der Waals surface area contributed by atoms with Gasteiger partial charge in [0.1, 0.15) is 12.4 Å². The molecule has 0 aliphatic carbocycles. The van der Waals surface area contributed by atoms with Crippen LogP contribution in [0.2, 0.25) is 0 Å². The van der Waals surface area contributed by atoms with Gasteiger partial charge in [-0.05, 0) is 44.1 Å². The van der Waals surface area contributed by atoms with Crippen LogP contribution >= 0.6 is 0 Å². The minimum Gasteiger partial charge on any atom is -0.489 e. The average molecular weight is 261 g/mol. The van der Waals surface area contributed by atoms with Crippen LogP contribution in [0.3, 0.4) is 0 Å². The summed E-state index contributed by atoms with van der Waals surface area (Å²) >= 11 is 0. The highest BCUT2D eigenvalue weighted by atomic mass is 16.5. The predicted octanol–water partition coefficient (Wildman–Crippen LogP) is 3.89. The fraction of sp³-hybridized carbons (Fsp3) is 0.294. The molecule has 0 spiro atoms. The second kappa shape index (κ2) is 6.39. The number of hydrogen-bond acceptors (Lipinski definition) is 2. The number of hydrogen-bond donors (Lipinski definition) is 0. The first-order chi connectivity index (χ1) is 11.6. The van der Waals surface area contributed by atoms with E-state index in [0.717, 1.165) is 5.56 Å². The lowest BCUT2D eigenvalue weighted by molar-refractivity contribution is 0.300. The van der Waals surface area contributed by atoms with Crippen LogP contribution in [0.25, 0.3) is 0 Å². The topological polar surface area (TPSA) is 12.5 Å². The minimum atomic E-state index is -2.73. The second-order valence-electron chi connectivity index (χ2n) is 4.39. The molecule has 0 aromatic heterocycles. The van der Waals surface area contributed by atoms with E-state index in [0.29, 0.717) is 22.8 Å². The average Bonchev–Trinajstić information content (AvgIpc) is 2.51. The number of benzene rings is 2. The molecule has 100 valence electrons. The Morgan fingerprint density at radius 3 is 2.63 bits per heavy atom. The first kappa shape index (κ1) is 7.71. The van der Waals surface area contributed by atoms with Crippen molar-refractivity contribution in [2.45, 2.75) is 19.6 Å². The van der Waals surface area contributed by atoms with E-state index in [1.807, 2.05) is 30.3 Å². The molecule has 2 rings (SSSR count). The Labute approximate surface area is 124 Å². The summed E-state index contributed by atoms with van der Waals surface area (Å²) in [7, 11) is 0. The van der Waals surface area contributed by atoms with Crippen LogP contribution < -0.4 is 4.74 Å². The molecule has 0 N–H and O–H groups in total. The molecular formula is C17H21NO. The molecular weight excluding hydrogens is 234 g/mol. The van der Waals surface area contributed by atoms with E-state index in [1.165, 1.54) is 0 Å². The minimum absolute atomic E-state index is 0.376. The Kier molecular flexibility index (Phi) is 2.59. The van der Waals surface area contributed by atoms with Gasteiger partial charge in [-0.25, -0.2) is 0 Å². The maximum absolute atomic E-state index is 7.54. The summed E-state index contributed by atoms with van der Waals surface area (Å²) in [5, 5.41) is 0. The van der Waals surface area contributed by atoms with Gasteiger partial charge >= 0.3 is 0 Å². The highest BCUT2D eigenvalue weighted by Gasteiger charge is 2.08. The summed E-state index contributed by atoms with van der Waals surface area (Å²) in [5.41, 5.74) is 1.57. The molecule has 0 aliphatic heterocycles. The molecule has 2 aromatic carbocycles. The highest BCUT2D eigenvalue weighted by molar-refractivity contribution is 5.30. The molecule has 0 aliphatic rings. The zero-order valence-electron chi connectivity index (χ0n) is 16.8. The van der Waals surface area contributed by atoms with Gasteiger partial charge in [0.25, 0.3) is 0 Å². The van der Waals surface area contributed by atoms with Crippen molar-refractivity contribution in [1.29, 1.82) is 0 Å². The van der Waals surface area contributed by atoms with Crippen molar-refractivity contribution in [3.8, 4) is 5.75 Å². The van der Waals surface area contributed by atoms with Crippen molar-refractivity contribution >= 4 is 0 Å². The van der Waals surface area contributed by atoms with Gasteiger partial charge in [0.2, 0.25) is 0 Å². The molecule has 2 nitrogen and oxygen atoms in total. The first-order valence-corrected chi connectivity index (χ1v) is 6.15. The Hall–Kier alpha value is -1.80. The van der Waals surface area contributed by atoms with Crippen molar-refractivity contribution in [2.24, 2.45) is 0 Å². The SMILES string of the molecule is [2H]C([2H])([2H])N(C(C)c1cccc(OCc2ccccc2)c1)C([2H])([2H])[2H]. The maximum Gasteiger partial charge on any atom is 0.120 e. The molecule has 0 bridgehead atoms. The summed E-state index contributed by atoms with van der Waals surface area (Å²) in [6.07, 6.45) is 0. The molecule has 0 amide bonds. The highest BCUT2D eigenvalue weighted by Crippen LogP contribution is 2.22. The van der Waals surface area contributed by atoms with Crippen LogP contribution in [0.5, 0.6) is 5.75 Å². The van der Waals surface area contributed by atoms with Crippen molar-refractivity contribution < 1.29 is 13.0 Å². The van der Waals surface area contributed by atoms with Gasteiger partial charge in [0.05, 0.1) is 0 Å². The van der Waals surface area contributed by atoms with Crippen LogP contribution in [0.1, 0.15) is 32.3 Å². The van der Waals surface area contributed by atoms with Gasteiger partial charge in [-0.15, -0.1) is 0 Å². The van der Waals surface area contributed by atoms with Gasteiger partial charge < -0.3 is 9.64 Å². The molecule has 1 atom stereocenters. The van der Waals surface area contributed by atoms with Crippen molar-refractivity contribution in [3.63, 3.8) is 0 Å². The van der Waals surface area contributed by atoms with Gasteiger partial charge in [-0.1, -0.05) is 42.5 Å². The van der Waals surface area contributed by atoms with E-state index in [4.69, 9.17) is 13.0 Å². The van der Waals surface area contributed by atoms with Crippen molar-refractivity contribution in [3.05, 3.63) is 65.7 Å². The molecule has 1 unspecified atom stereocenters. The van der Waals surface area contributed by atoms with Crippen LogP contribution in [0.15, 0.2) is 54.6 Å². The zero-order chi connectivity index (χ0) is 18.7. The lowest BCUT2D eigenvalue weighted by Gasteiger charge is -2.20. The molecule has 2 aromatic rings. The summed E-state index contributed by atoms with van der Waals surface area (Å²) in [5.74, 6) is 0.559. The monoisotopic (exact) mass is 261 g/mol. The first-order valence-electron chi connectivity index (χ1n) is 9.15. The quantitative estimate of drug-likeness (QED) is 0.809. The third-order valence-corrected chi connectivity index (χ3v) is 2.98. The summed E-state index contributed by atoms with van der Waals surface area (Å²) in [6.45, 7) is -3.52. The van der Waals surface area contributed by atoms with Crippen LogP contribution in [0.4, 0.5) is 0 Å². The summed E-state index contributed by atoms with van der Waals surface area (Å²) in [6, 6.07) is 15.7. The summed E-state index contributed by atoms with van der Waals surface area (Å²) in [4.78, 5) is 0.566. The summed E-state index contributed by atoms with van der Waals surface area (Å²) < 4.78 is 51.0. The molecule has 0 fully saturated rings. The van der Waals surface area contributed by atoms with Crippen LogP contribution in [-0.2, 0) is 6.61 Å². The van der Waals surface area contributed by atoms with E-state index < -0.39 is 20.0 Å². The number of nitrogens with zero attached hydrogens (tertiary/aromatic N) is 1. The number of ether oxygens (including phenoxy) is 1. The Balaban J connectivity index is 2.19. The van der Waals surface area contributed by atoms with E-state index in [9.17, 15) is 0 Å². The smallest absolute Gasteiger partial charge is 0.120 e. The van der Waals surface area contributed by atoms with E-state index in [1.54, 1.807) is 31.2 Å². The van der Waals surface area contributed by atoms with Gasteiger partial charge in [-0.3, -0.25) is 0 Å². The van der Waals surface area contributed by atoms with Gasteiger partial charge in [-0.2, -0.15) is 0 Å². The number of rotatable bonds is 5. The molecule has 0 saturated carbocycles. The standard InChI is InChI=1S/C17H21NO/c1-14(18(2)3)16-10-7-11-17(12-16)19-13-15-8-5-4-6-9-15/h4-12,14H,13H2,1-3H3/i2D3,3D3. The Morgan fingerprint density at radius 1 is 1.11 bits per heavy atom. The van der Waals surface area contributed by atoms with E-state index in [2.05, 4.69) is 0 Å². The third-order valence-electron chi connectivity index (χ3n) is 2.98. The largest absolute Gasteiger partial charge is 0.489 e. The molecule has 19 heavy (non-hydrogen) atoms. The predicted molar refractivity (Wildman–Crippen MR) is 79.3 cm³/mol. The fourth-order valence-electron chi connectivity index (χ4n) is 1.75. The zero-order valence-corrected chi connectivity index (χ0v) is 10.8. The molecule has 0 heterocycles. The molecule has 0 radical (unpaired) electrons. The Bertz CT molecular complexity index is 670. The Morgan fingerprint density at radius 2 is 1.89 bits per heavy atom. The van der Waals surface area contributed by atoms with Crippen LogP contribution in [0, 0.1) is 0 Å². The molecule has 0 saturated heterocycles. The normalized spacial score (nSPS) is 18.4. The van der Waals surface area contributed by atoms with Crippen LogP contribution in [-0.4, -0.2) is 18.9 Å². The van der Waals surface area contributed by atoms with Gasteiger partial charge in [0, 0.05) is 14.3 Å². The second-order valence-corrected chi connectivity index (χ2v) is 4.39. The lowest BCUT2D eigenvalue weighted by Crippen LogP contribution is -2.16. The third kappa shape index (κ3) is 3.83. The van der Waals surface area contributed by atoms with Gasteiger partial charge in [0.15, 0.2) is 0 Å². The van der Waals surface area contributed by atoms with E-state index >= 15 is 0 Å². The maximum atomic E-state index is 7.54. The van der Waals surface area contributed by atoms with Crippen molar-refractivity contribution in [2.75, 3.05) is 14.0 Å².